The monoisotopic (exact) mass is 405 g/mol. The van der Waals surface area contributed by atoms with Crippen molar-refractivity contribution in [1.82, 2.24) is 5.43 Å². The van der Waals surface area contributed by atoms with E-state index in [2.05, 4.69) is 15.8 Å². The summed E-state index contributed by atoms with van der Waals surface area (Å²) >= 11 is 5.99. The van der Waals surface area contributed by atoms with E-state index in [0.29, 0.717) is 39.1 Å². The SMILES string of the molecule is COc1cc(/C=N/NC(=O)C(=O)Nc2cccc(Cl)c2C)cc(OC)c1OC. The summed E-state index contributed by atoms with van der Waals surface area (Å²) in [4.78, 5) is 23.9. The minimum Gasteiger partial charge on any atom is -0.493 e. The minimum atomic E-state index is -0.928. The van der Waals surface area contributed by atoms with Crippen LogP contribution in [0, 0.1) is 6.92 Å². The van der Waals surface area contributed by atoms with Gasteiger partial charge in [0.2, 0.25) is 5.75 Å². The Morgan fingerprint density at radius 2 is 1.68 bits per heavy atom. The highest BCUT2D eigenvalue weighted by Gasteiger charge is 2.15. The van der Waals surface area contributed by atoms with Crippen LogP contribution in [-0.4, -0.2) is 39.4 Å². The molecule has 2 amide bonds. The van der Waals surface area contributed by atoms with Gasteiger partial charge < -0.3 is 19.5 Å². The van der Waals surface area contributed by atoms with Crippen molar-refractivity contribution in [3.63, 3.8) is 0 Å². The van der Waals surface area contributed by atoms with E-state index < -0.39 is 11.8 Å². The second kappa shape index (κ2) is 9.61. The Bertz CT molecular complexity index is 889. The zero-order chi connectivity index (χ0) is 20.7. The van der Waals surface area contributed by atoms with Gasteiger partial charge in [0.15, 0.2) is 11.5 Å². The first-order chi connectivity index (χ1) is 13.4. The molecule has 2 aromatic rings. The molecule has 0 aromatic heterocycles. The van der Waals surface area contributed by atoms with Crippen molar-refractivity contribution in [2.75, 3.05) is 26.6 Å². The molecule has 0 spiro atoms. The van der Waals surface area contributed by atoms with E-state index >= 15 is 0 Å². The molecule has 28 heavy (non-hydrogen) atoms. The van der Waals surface area contributed by atoms with Gasteiger partial charge in [0.25, 0.3) is 0 Å². The second-order valence-corrected chi connectivity index (χ2v) is 5.93. The van der Waals surface area contributed by atoms with Crippen LogP contribution in [0.25, 0.3) is 0 Å². The topological polar surface area (TPSA) is 98.2 Å². The van der Waals surface area contributed by atoms with Crippen LogP contribution in [-0.2, 0) is 9.59 Å². The molecular weight excluding hydrogens is 386 g/mol. The molecule has 9 heteroatoms. The normalized spacial score (nSPS) is 10.5. The summed E-state index contributed by atoms with van der Waals surface area (Å²) in [5, 5.41) is 6.76. The Kier molecular flexibility index (Phi) is 7.22. The predicted molar refractivity (Wildman–Crippen MR) is 107 cm³/mol. The van der Waals surface area contributed by atoms with Gasteiger partial charge in [-0.2, -0.15) is 5.10 Å². The maximum atomic E-state index is 12.0. The van der Waals surface area contributed by atoms with Crippen molar-refractivity contribution in [3.05, 3.63) is 46.5 Å². The molecular formula is C19H20ClN3O5. The highest BCUT2D eigenvalue weighted by molar-refractivity contribution is 6.40. The Balaban J connectivity index is 2.06. The molecule has 0 fully saturated rings. The van der Waals surface area contributed by atoms with Gasteiger partial charge in [-0.05, 0) is 36.8 Å². The van der Waals surface area contributed by atoms with E-state index in [-0.39, 0.29) is 0 Å². The number of nitrogens with one attached hydrogen (secondary N) is 2. The Hall–Kier alpha value is -3.26. The van der Waals surface area contributed by atoms with E-state index in [1.807, 2.05) is 0 Å². The number of benzene rings is 2. The van der Waals surface area contributed by atoms with Crippen LogP contribution < -0.4 is 25.0 Å². The number of carbonyl (C=O) groups excluding carboxylic acids is 2. The summed E-state index contributed by atoms with van der Waals surface area (Å²) in [6, 6.07) is 8.30. The van der Waals surface area contributed by atoms with Crippen LogP contribution in [0.4, 0.5) is 5.69 Å². The van der Waals surface area contributed by atoms with Crippen LogP contribution in [0.5, 0.6) is 17.2 Å². The molecule has 0 saturated carbocycles. The smallest absolute Gasteiger partial charge is 0.329 e. The lowest BCUT2D eigenvalue weighted by atomic mass is 10.2. The maximum absolute atomic E-state index is 12.0. The summed E-state index contributed by atoms with van der Waals surface area (Å²) in [6.07, 6.45) is 1.35. The number of halogens is 1. The van der Waals surface area contributed by atoms with E-state index in [1.165, 1.54) is 27.5 Å². The lowest BCUT2D eigenvalue weighted by Crippen LogP contribution is -2.32. The van der Waals surface area contributed by atoms with Gasteiger partial charge in [-0.3, -0.25) is 9.59 Å². The van der Waals surface area contributed by atoms with Crippen molar-refractivity contribution in [2.24, 2.45) is 5.10 Å². The Morgan fingerprint density at radius 1 is 1.04 bits per heavy atom. The van der Waals surface area contributed by atoms with Crippen molar-refractivity contribution < 1.29 is 23.8 Å². The van der Waals surface area contributed by atoms with Gasteiger partial charge >= 0.3 is 11.8 Å². The number of anilines is 1. The van der Waals surface area contributed by atoms with Crippen molar-refractivity contribution in [1.29, 1.82) is 0 Å². The number of hydrogen-bond donors (Lipinski definition) is 2. The van der Waals surface area contributed by atoms with Gasteiger partial charge in [0.05, 0.1) is 27.5 Å². The summed E-state index contributed by atoms with van der Waals surface area (Å²) in [5.41, 5.74) is 3.84. The van der Waals surface area contributed by atoms with Crippen molar-refractivity contribution in [2.45, 2.75) is 6.92 Å². The zero-order valence-corrected chi connectivity index (χ0v) is 16.6. The summed E-state index contributed by atoms with van der Waals surface area (Å²) in [6.45, 7) is 1.73. The minimum absolute atomic E-state index is 0.433. The van der Waals surface area contributed by atoms with Gasteiger partial charge in [0, 0.05) is 16.3 Å². The number of carbonyl (C=O) groups is 2. The fraction of sp³-hybridized carbons (Fsp3) is 0.211. The largest absolute Gasteiger partial charge is 0.493 e. The number of rotatable bonds is 6. The first-order valence-electron chi connectivity index (χ1n) is 8.10. The molecule has 0 bridgehead atoms. The first kappa shape index (κ1) is 21.0. The molecule has 2 rings (SSSR count). The molecule has 0 atom stereocenters. The number of nitrogens with zero attached hydrogens (tertiary/aromatic N) is 1. The molecule has 148 valence electrons. The molecule has 2 N–H and O–H groups in total. The number of hydrogen-bond acceptors (Lipinski definition) is 6. The molecule has 0 aliphatic heterocycles. The standard InChI is InChI=1S/C19H20ClN3O5/c1-11-13(20)6-5-7-14(11)22-18(24)19(25)23-21-10-12-8-15(26-2)17(28-4)16(9-12)27-3/h5-10H,1-4H3,(H,22,24)(H,23,25)/b21-10+. The van der Waals surface area contributed by atoms with Crippen LogP contribution >= 0.6 is 11.6 Å². The van der Waals surface area contributed by atoms with Gasteiger partial charge in [-0.1, -0.05) is 17.7 Å². The van der Waals surface area contributed by atoms with Gasteiger partial charge in [-0.15, -0.1) is 0 Å². The van der Waals surface area contributed by atoms with E-state index in [4.69, 9.17) is 25.8 Å². The lowest BCUT2D eigenvalue weighted by Gasteiger charge is -2.12. The Morgan fingerprint density at radius 3 is 2.25 bits per heavy atom. The molecule has 0 aliphatic rings. The third kappa shape index (κ3) is 4.92. The summed E-state index contributed by atoms with van der Waals surface area (Å²) in [7, 11) is 4.47. The molecule has 0 saturated heterocycles. The number of methoxy groups -OCH3 is 3. The van der Waals surface area contributed by atoms with Gasteiger partial charge in [0.1, 0.15) is 0 Å². The molecule has 8 nitrogen and oxygen atoms in total. The second-order valence-electron chi connectivity index (χ2n) is 5.52. The zero-order valence-electron chi connectivity index (χ0n) is 15.8. The third-order valence-electron chi connectivity index (χ3n) is 3.79. The average molecular weight is 406 g/mol. The predicted octanol–water partition coefficient (Wildman–Crippen LogP) is 2.76. The van der Waals surface area contributed by atoms with Crippen molar-refractivity contribution in [3.8, 4) is 17.2 Å². The Labute approximate surface area is 167 Å². The number of ether oxygens (including phenoxy) is 3. The quantitative estimate of drug-likeness (QED) is 0.437. The fourth-order valence-electron chi connectivity index (χ4n) is 2.31. The number of amides is 2. The molecule has 2 aromatic carbocycles. The highest BCUT2D eigenvalue weighted by Crippen LogP contribution is 2.37. The maximum Gasteiger partial charge on any atom is 0.329 e. The van der Waals surface area contributed by atoms with E-state index in [1.54, 1.807) is 37.3 Å². The van der Waals surface area contributed by atoms with Crippen LogP contribution in [0.3, 0.4) is 0 Å². The molecule has 0 aliphatic carbocycles. The number of hydrazone groups is 1. The van der Waals surface area contributed by atoms with E-state index in [0.717, 1.165) is 0 Å². The summed E-state index contributed by atoms with van der Waals surface area (Å²) < 4.78 is 15.7. The molecule has 0 heterocycles. The van der Waals surface area contributed by atoms with Crippen molar-refractivity contribution >= 4 is 35.3 Å². The van der Waals surface area contributed by atoms with Crippen LogP contribution in [0.2, 0.25) is 5.02 Å². The van der Waals surface area contributed by atoms with Crippen LogP contribution in [0.15, 0.2) is 35.4 Å². The first-order valence-corrected chi connectivity index (χ1v) is 8.48. The fourth-order valence-corrected chi connectivity index (χ4v) is 2.49. The van der Waals surface area contributed by atoms with Crippen LogP contribution in [0.1, 0.15) is 11.1 Å². The lowest BCUT2D eigenvalue weighted by molar-refractivity contribution is -0.136. The van der Waals surface area contributed by atoms with Gasteiger partial charge in [-0.25, -0.2) is 5.43 Å². The third-order valence-corrected chi connectivity index (χ3v) is 4.20. The average Bonchev–Trinajstić information content (AvgIpc) is 2.70. The van der Waals surface area contributed by atoms with E-state index in [9.17, 15) is 9.59 Å². The highest BCUT2D eigenvalue weighted by atomic mass is 35.5. The summed E-state index contributed by atoms with van der Waals surface area (Å²) in [5.74, 6) is -0.495. The molecule has 0 unspecified atom stereocenters. The molecule has 0 radical (unpaired) electrons.